The van der Waals surface area contributed by atoms with Gasteiger partial charge in [0.2, 0.25) is 0 Å². The van der Waals surface area contributed by atoms with Crippen molar-refractivity contribution in [2.75, 3.05) is 31.6 Å². The molecule has 1 fully saturated rings. The van der Waals surface area contributed by atoms with Gasteiger partial charge < -0.3 is 15.4 Å². The molecule has 0 aliphatic carbocycles. The maximum atomic E-state index is 5.59. The molecule has 0 atom stereocenters. The van der Waals surface area contributed by atoms with Gasteiger partial charge in [-0.15, -0.1) is 0 Å². The number of rotatable bonds is 6. The standard InChI is InChI=1S/C16H26N2O/c1-19-15-8-9-16(18-11-5-2-6-12-18)14(13-15)7-3-4-10-17/h8-9,13H,2-7,10-12,17H2,1H3. The fourth-order valence-electron chi connectivity index (χ4n) is 2.79. The highest BCUT2D eigenvalue weighted by Gasteiger charge is 2.14. The van der Waals surface area contributed by atoms with Crippen LogP contribution in [0.5, 0.6) is 5.75 Å². The lowest BCUT2D eigenvalue weighted by Crippen LogP contribution is -2.30. The van der Waals surface area contributed by atoms with Crippen LogP contribution in [0.4, 0.5) is 5.69 Å². The topological polar surface area (TPSA) is 38.5 Å². The summed E-state index contributed by atoms with van der Waals surface area (Å²) in [5.74, 6) is 0.962. The Kier molecular flexibility index (Phi) is 5.52. The third-order valence-electron chi connectivity index (χ3n) is 3.88. The zero-order valence-electron chi connectivity index (χ0n) is 12.0. The van der Waals surface area contributed by atoms with Crippen LogP contribution in [0.1, 0.15) is 37.7 Å². The molecule has 1 aromatic carbocycles. The molecule has 3 heteroatoms. The molecule has 0 amide bonds. The van der Waals surface area contributed by atoms with Gasteiger partial charge in [0.1, 0.15) is 5.75 Å². The van der Waals surface area contributed by atoms with Gasteiger partial charge in [-0.05, 0) is 68.8 Å². The molecule has 0 aromatic heterocycles. The Hall–Kier alpha value is -1.22. The largest absolute Gasteiger partial charge is 0.497 e. The molecule has 0 spiro atoms. The summed E-state index contributed by atoms with van der Waals surface area (Å²) in [7, 11) is 1.74. The van der Waals surface area contributed by atoms with Crippen molar-refractivity contribution >= 4 is 5.69 Å². The fourth-order valence-corrected chi connectivity index (χ4v) is 2.79. The van der Waals surface area contributed by atoms with Crippen LogP contribution in [0.3, 0.4) is 0 Å². The summed E-state index contributed by atoms with van der Waals surface area (Å²) >= 11 is 0. The second-order valence-electron chi connectivity index (χ2n) is 5.29. The summed E-state index contributed by atoms with van der Waals surface area (Å²) in [6.45, 7) is 3.16. The zero-order valence-corrected chi connectivity index (χ0v) is 12.0. The quantitative estimate of drug-likeness (QED) is 0.801. The van der Waals surface area contributed by atoms with E-state index in [4.69, 9.17) is 10.5 Å². The van der Waals surface area contributed by atoms with Crippen molar-refractivity contribution in [2.45, 2.75) is 38.5 Å². The van der Waals surface area contributed by atoms with Gasteiger partial charge in [-0.3, -0.25) is 0 Å². The van der Waals surface area contributed by atoms with E-state index in [0.29, 0.717) is 0 Å². The van der Waals surface area contributed by atoms with E-state index in [0.717, 1.165) is 31.6 Å². The first-order chi connectivity index (χ1) is 9.35. The molecule has 0 saturated carbocycles. The molecule has 19 heavy (non-hydrogen) atoms. The normalized spacial score (nSPS) is 15.6. The summed E-state index contributed by atoms with van der Waals surface area (Å²) in [6.07, 6.45) is 7.35. The minimum absolute atomic E-state index is 0.781. The van der Waals surface area contributed by atoms with Gasteiger partial charge >= 0.3 is 0 Å². The van der Waals surface area contributed by atoms with Gasteiger partial charge in [-0.2, -0.15) is 0 Å². The fraction of sp³-hybridized carbons (Fsp3) is 0.625. The number of hydrogen-bond donors (Lipinski definition) is 1. The number of benzene rings is 1. The summed E-state index contributed by atoms with van der Waals surface area (Å²) < 4.78 is 5.36. The molecule has 1 aromatic rings. The molecule has 0 radical (unpaired) electrons. The van der Waals surface area contributed by atoms with Crippen LogP contribution >= 0.6 is 0 Å². The van der Waals surface area contributed by atoms with E-state index in [9.17, 15) is 0 Å². The van der Waals surface area contributed by atoms with Crippen LogP contribution < -0.4 is 15.4 Å². The van der Waals surface area contributed by atoms with Gasteiger partial charge in [0.25, 0.3) is 0 Å². The lowest BCUT2D eigenvalue weighted by atomic mass is 10.0. The van der Waals surface area contributed by atoms with Crippen molar-refractivity contribution in [3.05, 3.63) is 23.8 Å². The predicted octanol–water partition coefficient (Wildman–Crippen LogP) is 2.97. The van der Waals surface area contributed by atoms with E-state index in [1.165, 1.54) is 43.6 Å². The van der Waals surface area contributed by atoms with Gasteiger partial charge in [0.15, 0.2) is 0 Å². The Morgan fingerprint density at radius 3 is 2.63 bits per heavy atom. The van der Waals surface area contributed by atoms with Crippen LogP contribution in [0.15, 0.2) is 18.2 Å². The number of nitrogens with zero attached hydrogens (tertiary/aromatic N) is 1. The molecule has 1 aliphatic rings. The highest BCUT2D eigenvalue weighted by molar-refractivity contribution is 5.56. The Labute approximate surface area is 116 Å². The average molecular weight is 262 g/mol. The maximum Gasteiger partial charge on any atom is 0.119 e. The Balaban J connectivity index is 2.14. The van der Waals surface area contributed by atoms with Crippen molar-refractivity contribution in [3.8, 4) is 5.75 Å². The molecule has 0 unspecified atom stereocenters. The van der Waals surface area contributed by atoms with Gasteiger partial charge in [0.05, 0.1) is 7.11 Å². The first-order valence-corrected chi connectivity index (χ1v) is 7.47. The van der Waals surface area contributed by atoms with Gasteiger partial charge in [-0.1, -0.05) is 0 Å². The third kappa shape index (κ3) is 3.87. The molecular weight excluding hydrogens is 236 g/mol. The van der Waals surface area contributed by atoms with Crippen molar-refractivity contribution in [3.63, 3.8) is 0 Å². The Bertz CT molecular complexity index is 386. The smallest absolute Gasteiger partial charge is 0.119 e. The molecule has 2 N–H and O–H groups in total. The number of nitrogens with two attached hydrogens (primary N) is 1. The number of ether oxygens (including phenoxy) is 1. The first-order valence-electron chi connectivity index (χ1n) is 7.47. The Morgan fingerprint density at radius 2 is 1.95 bits per heavy atom. The molecule has 2 rings (SSSR count). The minimum Gasteiger partial charge on any atom is -0.497 e. The van der Waals surface area contributed by atoms with Gasteiger partial charge in [-0.25, -0.2) is 0 Å². The first kappa shape index (κ1) is 14.2. The highest BCUT2D eigenvalue weighted by atomic mass is 16.5. The predicted molar refractivity (Wildman–Crippen MR) is 81.1 cm³/mol. The van der Waals surface area contributed by atoms with Crippen LogP contribution in [-0.2, 0) is 6.42 Å². The third-order valence-corrected chi connectivity index (χ3v) is 3.88. The monoisotopic (exact) mass is 262 g/mol. The number of methoxy groups -OCH3 is 1. The summed E-state index contributed by atoms with van der Waals surface area (Å²) in [6, 6.07) is 6.50. The van der Waals surface area contributed by atoms with Crippen molar-refractivity contribution in [1.82, 2.24) is 0 Å². The highest BCUT2D eigenvalue weighted by Crippen LogP contribution is 2.29. The lowest BCUT2D eigenvalue weighted by molar-refractivity contribution is 0.414. The van der Waals surface area contributed by atoms with E-state index in [-0.39, 0.29) is 0 Å². The van der Waals surface area contributed by atoms with E-state index >= 15 is 0 Å². The lowest BCUT2D eigenvalue weighted by Gasteiger charge is -2.31. The van der Waals surface area contributed by atoms with Gasteiger partial charge in [0, 0.05) is 18.8 Å². The van der Waals surface area contributed by atoms with Crippen molar-refractivity contribution in [1.29, 1.82) is 0 Å². The van der Waals surface area contributed by atoms with Crippen LogP contribution in [0.2, 0.25) is 0 Å². The number of piperidine rings is 1. The molecular formula is C16H26N2O. The van der Waals surface area contributed by atoms with Crippen LogP contribution in [0, 0.1) is 0 Å². The number of aryl methyl sites for hydroxylation is 1. The van der Waals surface area contributed by atoms with E-state index in [1.807, 2.05) is 0 Å². The minimum atomic E-state index is 0.781. The molecule has 1 aliphatic heterocycles. The second-order valence-corrected chi connectivity index (χ2v) is 5.29. The van der Waals surface area contributed by atoms with Crippen molar-refractivity contribution < 1.29 is 4.74 Å². The summed E-state index contributed by atoms with van der Waals surface area (Å²) in [4.78, 5) is 2.53. The summed E-state index contributed by atoms with van der Waals surface area (Å²) in [5, 5.41) is 0. The molecule has 106 valence electrons. The zero-order chi connectivity index (χ0) is 13.5. The van der Waals surface area contributed by atoms with E-state index in [2.05, 4.69) is 23.1 Å². The van der Waals surface area contributed by atoms with Crippen molar-refractivity contribution in [2.24, 2.45) is 5.73 Å². The molecule has 0 bridgehead atoms. The number of anilines is 1. The Morgan fingerprint density at radius 1 is 1.16 bits per heavy atom. The molecule has 3 nitrogen and oxygen atoms in total. The van der Waals surface area contributed by atoms with Crippen LogP contribution in [-0.4, -0.2) is 26.7 Å². The molecule has 1 saturated heterocycles. The summed E-state index contributed by atoms with van der Waals surface area (Å²) in [5.41, 5.74) is 8.41. The second kappa shape index (κ2) is 7.39. The molecule has 1 heterocycles. The van der Waals surface area contributed by atoms with Crippen LogP contribution in [0.25, 0.3) is 0 Å². The van der Waals surface area contributed by atoms with E-state index in [1.54, 1.807) is 7.11 Å². The maximum absolute atomic E-state index is 5.59. The number of unbranched alkanes of at least 4 members (excludes halogenated alkanes) is 1. The van der Waals surface area contributed by atoms with E-state index < -0.39 is 0 Å². The number of hydrogen-bond acceptors (Lipinski definition) is 3. The SMILES string of the molecule is COc1ccc(N2CCCCC2)c(CCCCN)c1. The average Bonchev–Trinajstić information content (AvgIpc) is 2.48.